The minimum Gasteiger partial charge on any atom is -0.496 e. The summed E-state index contributed by atoms with van der Waals surface area (Å²) in [4.78, 5) is 21.3. The van der Waals surface area contributed by atoms with Gasteiger partial charge in [0.1, 0.15) is 5.75 Å². The van der Waals surface area contributed by atoms with Gasteiger partial charge in [-0.05, 0) is 23.1 Å². The highest BCUT2D eigenvalue weighted by atomic mass is 16.5. The third-order valence-electron chi connectivity index (χ3n) is 2.56. The minimum atomic E-state index is -1.48. The minimum absolute atomic E-state index is 0.189. The van der Waals surface area contributed by atoms with Crippen LogP contribution < -0.4 is 10.1 Å². The largest absolute Gasteiger partial charge is 0.496 e. The van der Waals surface area contributed by atoms with Gasteiger partial charge in [-0.25, -0.2) is 4.79 Å². The number of ether oxygens (including phenoxy) is 1. The molecule has 0 heterocycles. The van der Waals surface area contributed by atoms with Crippen molar-refractivity contribution in [3.05, 3.63) is 29.3 Å². The van der Waals surface area contributed by atoms with E-state index >= 15 is 0 Å². The van der Waals surface area contributed by atoms with Crippen LogP contribution in [0.3, 0.4) is 0 Å². The first-order valence-electron chi connectivity index (χ1n) is 5.63. The molecule has 18 heavy (non-hydrogen) atoms. The SMILES string of the molecule is COc1ccc(CNC(=O)C(=O)O)cc1C(C)C. The van der Waals surface area contributed by atoms with Crippen LogP contribution in [0, 0.1) is 0 Å². The lowest BCUT2D eigenvalue weighted by Crippen LogP contribution is -2.30. The molecule has 0 unspecified atom stereocenters. The Morgan fingerprint density at radius 1 is 1.39 bits per heavy atom. The molecule has 1 amide bonds. The van der Waals surface area contributed by atoms with Gasteiger partial charge >= 0.3 is 11.9 Å². The quantitative estimate of drug-likeness (QED) is 0.795. The van der Waals surface area contributed by atoms with Crippen molar-refractivity contribution in [3.63, 3.8) is 0 Å². The van der Waals surface area contributed by atoms with Crippen molar-refractivity contribution in [1.29, 1.82) is 0 Å². The number of carboxylic acids is 1. The van der Waals surface area contributed by atoms with E-state index in [0.29, 0.717) is 0 Å². The summed E-state index contributed by atoms with van der Waals surface area (Å²) in [6.45, 7) is 4.27. The Morgan fingerprint density at radius 2 is 2.06 bits per heavy atom. The predicted octanol–water partition coefficient (Wildman–Crippen LogP) is 1.52. The van der Waals surface area contributed by atoms with Crippen LogP contribution in [-0.2, 0) is 16.1 Å². The third kappa shape index (κ3) is 3.48. The van der Waals surface area contributed by atoms with Crippen molar-refractivity contribution in [2.45, 2.75) is 26.3 Å². The van der Waals surface area contributed by atoms with E-state index in [4.69, 9.17) is 9.84 Å². The highest BCUT2D eigenvalue weighted by Crippen LogP contribution is 2.27. The zero-order valence-corrected chi connectivity index (χ0v) is 10.7. The monoisotopic (exact) mass is 251 g/mol. The van der Waals surface area contributed by atoms with E-state index in [0.717, 1.165) is 16.9 Å². The average molecular weight is 251 g/mol. The Bertz CT molecular complexity index is 454. The van der Waals surface area contributed by atoms with Gasteiger partial charge in [0.25, 0.3) is 0 Å². The van der Waals surface area contributed by atoms with Crippen LogP contribution >= 0.6 is 0 Å². The molecule has 1 rings (SSSR count). The molecule has 98 valence electrons. The molecule has 1 aromatic carbocycles. The molecule has 0 aliphatic heterocycles. The molecule has 0 atom stereocenters. The molecule has 5 heteroatoms. The molecule has 0 fully saturated rings. The summed E-state index contributed by atoms with van der Waals surface area (Å²) in [5.74, 6) is -1.40. The summed E-state index contributed by atoms with van der Waals surface area (Å²) in [6.07, 6.45) is 0. The molecule has 0 spiro atoms. The van der Waals surface area contributed by atoms with Gasteiger partial charge in [-0.15, -0.1) is 0 Å². The van der Waals surface area contributed by atoms with Crippen molar-refractivity contribution < 1.29 is 19.4 Å². The standard InChI is InChI=1S/C13H17NO4/c1-8(2)10-6-9(4-5-11(10)18-3)7-14-12(15)13(16)17/h4-6,8H,7H2,1-3H3,(H,14,15)(H,16,17). The lowest BCUT2D eigenvalue weighted by molar-refractivity contribution is -0.150. The van der Waals surface area contributed by atoms with E-state index in [1.165, 1.54) is 0 Å². The van der Waals surface area contributed by atoms with Crippen LogP contribution in [0.4, 0.5) is 0 Å². The van der Waals surface area contributed by atoms with Gasteiger partial charge in [0.15, 0.2) is 0 Å². The molecule has 0 aliphatic rings. The second-order valence-corrected chi connectivity index (χ2v) is 4.22. The number of carboxylic acid groups (broad SMARTS) is 1. The summed E-state index contributed by atoms with van der Waals surface area (Å²) in [5, 5.41) is 10.8. The number of carbonyl (C=O) groups is 2. The molecule has 0 bridgehead atoms. The van der Waals surface area contributed by atoms with Crippen LogP contribution in [0.15, 0.2) is 18.2 Å². The summed E-state index contributed by atoms with van der Waals surface area (Å²) in [5.41, 5.74) is 1.87. The Morgan fingerprint density at radius 3 is 2.56 bits per heavy atom. The van der Waals surface area contributed by atoms with Crippen LogP contribution in [-0.4, -0.2) is 24.1 Å². The molecule has 0 saturated carbocycles. The van der Waals surface area contributed by atoms with E-state index in [9.17, 15) is 9.59 Å². The lowest BCUT2D eigenvalue weighted by Gasteiger charge is -2.13. The zero-order valence-electron chi connectivity index (χ0n) is 10.7. The van der Waals surface area contributed by atoms with Gasteiger partial charge in [0.05, 0.1) is 7.11 Å². The summed E-state index contributed by atoms with van der Waals surface area (Å²) in [6, 6.07) is 5.52. The summed E-state index contributed by atoms with van der Waals surface area (Å²) < 4.78 is 5.24. The van der Waals surface area contributed by atoms with Crippen LogP contribution in [0.2, 0.25) is 0 Å². The van der Waals surface area contributed by atoms with E-state index in [1.54, 1.807) is 13.2 Å². The maximum absolute atomic E-state index is 10.9. The topological polar surface area (TPSA) is 75.6 Å². The molecule has 5 nitrogen and oxygen atoms in total. The highest BCUT2D eigenvalue weighted by molar-refractivity contribution is 6.31. The van der Waals surface area contributed by atoms with Crippen molar-refractivity contribution >= 4 is 11.9 Å². The van der Waals surface area contributed by atoms with Crippen molar-refractivity contribution in [2.75, 3.05) is 7.11 Å². The molecule has 0 radical (unpaired) electrons. The number of methoxy groups -OCH3 is 1. The number of benzene rings is 1. The molecule has 0 saturated heterocycles. The first kappa shape index (κ1) is 14.0. The van der Waals surface area contributed by atoms with E-state index in [-0.39, 0.29) is 12.5 Å². The maximum atomic E-state index is 10.9. The molecule has 0 aromatic heterocycles. The number of rotatable bonds is 4. The Labute approximate surface area is 106 Å². The molecule has 0 aliphatic carbocycles. The maximum Gasteiger partial charge on any atom is 0.394 e. The first-order valence-corrected chi connectivity index (χ1v) is 5.63. The lowest BCUT2D eigenvalue weighted by atomic mass is 9.99. The van der Waals surface area contributed by atoms with Crippen molar-refractivity contribution in [2.24, 2.45) is 0 Å². The second kappa shape index (κ2) is 6.05. The normalized spacial score (nSPS) is 10.2. The van der Waals surface area contributed by atoms with Gasteiger partial charge < -0.3 is 15.2 Å². The third-order valence-corrected chi connectivity index (χ3v) is 2.56. The van der Waals surface area contributed by atoms with Crippen molar-refractivity contribution in [1.82, 2.24) is 5.32 Å². The van der Waals surface area contributed by atoms with Gasteiger partial charge in [-0.2, -0.15) is 0 Å². The van der Waals surface area contributed by atoms with Gasteiger partial charge in [-0.3, -0.25) is 4.79 Å². The Kier molecular flexibility index (Phi) is 4.71. The van der Waals surface area contributed by atoms with Crippen LogP contribution in [0.25, 0.3) is 0 Å². The fourth-order valence-corrected chi connectivity index (χ4v) is 1.60. The van der Waals surface area contributed by atoms with E-state index in [1.807, 2.05) is 26.0 Å². The number of hydrogen-bond acceptors (Lipinski definition) is 3. The predicted molar refractivity (Wildman–Crippen MR) is 66.6 cm³/mol. The molecule has 1 aromatic rings. The Hall–Kier alpha value is -2.04. The fraction of sp³-hybridized carbons (Fsp3) is 0.385. The highest BCUT2D eigenvalue weighted by Gasteiger charge is 2.12. The summed E-state index contributed by atoms with van der Waals surface area (Å²) in [7, 11) is 1.60. The second-order valence-electron chi connectivity index (χ2n) is 4.22. The first-order chi connectivity index (χ1) is 8.45. The average Bonchev–Trinajstić information content (AvgIpc) is 2.35. The van der Waals surface area contributed by atoms with Crippen LogP contribution in [0.5, 0.6) is 5.75 Å². The molecular weight excluding hydrogens is 234 g/mol. The number of nitrogens with one attached hydrogen (secondary N) is 1. The Balaban J connectivity index is 2.82. The smallest absolute Gasteiger partial charge is 0.394 e. The van der Waals surface area contributed by atoms with Gasteiger partial charge in [-0.1, -0.05) is 26.0 Å². The number of amides is 1. The van der Waals surface area contributed by atoms with E-state index < -0.39 is 11.9 Å². The number of carbonyl (C=O) groups excluding carboxylic acids is 1. The zero-order chi connectivity index (χ0) is 13.7. The van der Waals surface area contributed by atoms with Gasteiger partial charge in [0.2, 0.25) is 0 Å². The summed E-state index contributed by atoms with van der Waals surface area (Å²) >= 11 is 0. The van der Waals surface area contributed by atoms with Crippen LogP contribution in [0.1, 0.15) is 30.9 Å². The molecule has 2 N–H and O–H groups in total. The van der Waals surface area contributed by atoms with E-state index in [2.05, 4.69) is 5.32 Å². The fourth-order valence-electron chi connectivity index (χ4n) is 1.60. The number of hydrogen-bond donors (Lipinski definition) is 2. The molecular formula is C13H17NO4. The van der Waals surface area contributed by atoms with Gasteiger partial charge in [0, 0.05) is 6.54 Å². The van der Waals surface area contributed by atoms with Crippen molar-refractivity contribution in [3.8, 4) is 5.75 Å². The number of aliphatic carboxylic acids is 1.